The third-order valence-corrected chi connectivity index (χ3v) is 3.02. The summed E-state index contributed by atoms with van der Waals surface area (Å²) in [5.41, 5.74) is 0.252. The van der Waals surface area contributed by atoms with Crippen molar-refractivity contribution in [1.82, 2.24) is 0 Å². The van der Waals surface area contributed by atoms with E-state index in [9.17, 15) is 9.18 Å². The van der Waals surface area contributed by atoms with Gasteiger partial charge in [0.15, 0.2) is 0 Å². The molecule has 21 heavy (non-hydrogen) atoms. The van der Waals surface area contributed by atoms with Crippen LogP contribution in [0.15, 0.2) is 42.5 Å². The number of ketones is 1. The van der Waals surface area contributed by atoms with Gasteiger partial charge in [-0.3, -0.25) is 4.79 Å². The fourth-order valence-corrected chi connectivity index (χ4v) is 2.02. The van der Waals surface area contributed by atoms with Gasteiger partial charge in [0.25, 0.3) is 0 Å². The topological polar surface area (TPSA) is 35.5 Å². The Bertz CT molecular complexity index is 638. The zero-order valence-corrected chi connectivity index (χ0v) is 12.1. The SMILES string of the molecule is CCCOc1ccccc1C(=O)c1c(F)cccc1OC. The molecule has 4 heteroatoms. The van der Waals surface area contributed by atoms with Crippen molar-refractivity contribution in [3.63, 3.8) is 0 Å². The molecule has 0 N–H and O–H groups in total. The average Bonchev–Trinajstić information content (AvgIpc) is 2.52. The summed E-state index contributed by atoms with van der Waals surface area (Å²) in [6.45, 7) is 2.48. The van der Waals surface area contributed by atoms with Crippen molar-refractivity contribution in [3.05, 3.63) is 59.4 Å². The van der Waals surface area contributed by atoms with Crippen molar-refractivity contribution in [2.75, 3.05) is 13.7 Å². The lowest BCUT2D eigenvalue weighted by molar-refractivity contribution is 0.102. The molecule has 2 aromatic carbocycles. The number of halogens is 1. The van der Waals surface area contributed by atoms with E-state index in [1.807, 2.05) is 6.92 Å². The molecule has 0 aliphatic rings. The van der Waals surface area contributed by atoms with Gasteiger partial charge in [0, 0.05) is 0 Å². The fraction of sp³-hybridized carbons (Fsp3) is 0.235. The standard InChI is InChI=1S/C17H17FO3/c1-3-11-21-14-9-5-4-7-12(14)17(19)16-13(18)8-6-10-15(16)20-2/h4-10H,3,11H2,1-2H3. The van der Waals surface area contributed by atoms with Gasteiger partial charge in [-0.05, 0) is 30.7 Å². The maximum atomic E-state index is 14.0. The lowest BCUT2D eigenvalue weighted by Gasteiger charge is -2.12. The predicted molar refractivity (Wildman–Crippen MR) is 78.6 cm³/mol. The summed E-state index contributed by atoms with van der Waals surface area (Å²) in [7, 11) is 1.41. The van der Waals surface area contributed by atoms with Crippen molar-refractivity contribution < 1.29 is 18.7 Å². The first-order valence-corrected chi connectivity index (χ1v) is 6.78. The Morgan fingerprint density at radius 3 is 2.52 bits per heavy atom. The van der Waals surface area contributed by atoms with E-state index >= 15 is 0 Å². The second kappa shape index (κ2) is 6.88. The van der Waals surface area contributed by atoms with E-state index in [-0.39, 0.29) is 11.3 Å². The zero-order valence-electron chi connectivity index (χ0n) is 12.1. The van der Waals surface area contributed by atoms with Crippen molar-refractivity contribution in [2.24, 2.45) is 0 Å². The van der Waals surface area contributed by atoms with Crippen molar-refractivity contribution in [2.45, 2.75) is 13.3 Å². The number of para-hydroxylation sites is 1. The lowest BCUT2D eigenvalue weighted by atomic mass is 10.0. The first kappa shape index (κ1) is 15.0. The van der Waals surface area contributed by atoms with Crippen LogP contribution < -0.4 is 9.47 Å². The molecule has 0 amide bonds. The Labute approximate surface area is 123 Å². The highest BCUT2D eigenvalue weighted by molar-refractivity contribution is 6.12. The molecule has 0 aliphatic heterocycles. The van der Waals surface area contributed by atoms with Crippen LogP contribution >= 0.6 is 0 Å². The van der Waals surface area contributed by atoms with Gasteiger partial charge in [-0.15, -0.1) is 0 Å². The van der Waals surface area contributed by atoms with Gasteiger partial charge >= 0.3 is 0 Å². The molecule has 0 heterocycles. The van der Waals surface area contributed by atoms with Crippen LogP contribution in [0.25, 0.3) is 0 Å². The molecule has 0 fully saturated rings. The molecule has 0 unspecified atom stereocenters. The monoisotopic (exact) mass is 288 g/mol. The molecule has 0 saturated heterocycles. The summed E-state index contributed by atoms with van der Waals surface area (Å²) < 4.78 is 24.7. The number of carbonyl (C=O) groups is 1. The molecule has 110 valence electrons. The number of carbonyl (C=O) groups excluding carboxylic acids is 1. The minimum atomic E-state index is -0.607. The van der Waals surface area contributed by atoms with Crippen LogP contribution in [0, 0.1) is 5.82 Å². The Morgan fingerprint density at radius 1 is 1.10 bits per heavy atom. The summed E-state index contributed by atoms with van der Waals surface area (Å²) in [5.74, 6) is -0.388. The minimum absolute atomic E-state index is 0.0763. The lowest BCUT2D eigenvalue weighted by Crippen LogP contribution is -2.09. The Balaban J connectivity index is 2.46. The van der Waals surface area contributed by atoms with Crippen LogP contribution in [0.3, 0.4) is 0 Å². The van der Waals surface area contributed by atoms with Crippen LogP contribution in [-0.2, 0) is 0 Å². The van der Waals surface area contributed by atoms with Gasteiger partial charge < -0.3 is 9.47 Å². The first-order chi connectivity index (χ1) is 10.2. The van der Waals surface area contributed by atoms with Crippen molar-refractivity contribution in [1.29, 1.82) is 0 Å². The predicted octanol–water partition coefficient (Wildman–Crippen LogP) is 3.85. The van der Waals surface area contributed by atoms with Crippen LogP contribution in [0.2, 0.25) is 0 Å². The Morgan fingerprint density at radius 2 is 1.81 bits per heavy atom. The third-order valence-electron chi connectivity index (χ3n) is 3.02. The largest absolute Gasteiger partial charge is 0.496 e. The van der Waals surface area contributed by atoms with Crippen LogP contribution in [0.4, 0.5) is 4.39 Å². The molecule has 2 aromatic rings. The molecule has 0 radical (unpaired) electrons. The molecule has 0 atom stereocenters. The number of hydrogen-bond acceptors (Lipinski definition) is 3. The third kappa shape index (κ3) is 3.21. The number of hydrogen-bond donors (Lipinski definition) is 0. The fourth-order valence-electron chi connectivity index (χ4n) is 2.02. The molecular formula is C17H17FO3. The molecule has 2 rings (SSSR count). The molecule has 3 nitrogen and oxygen atoms in total. The van der Waals surface area contributed by atoms with Crippen molar-refractivity contribution in [3.8, 4) is 11.5 Å². The van der Waals surface area contributed by atoms with Gasteiger partial charge in [0.05, 0.1) is 19.3 Å². The van der Waals surface area contributed by atoms with Gasteiger partial charge in [-0.2, -0.15) is 0 Å². The van der Waals surface area contributed by atoms with E-state index in [2.05, 4.69) is 0 Å². The molecular weight excluding hydrogens is 271 g/mol. The highest BCUT2D eigenvalue weighted by atomic mass is 19.1. The molecule has 0 spiro atoms. The van der Waals surface area contributed by atoms with Gasteiger partial charge in [0.2, 0.25) is 5.78 Å². The summed E-state index contributed by atoms with van der Waals surface area (Å²) >= 11 is 0. The smallest absolute Gasteiger partial charge is 0.203 e. The maximum Gasteiger partial charge on any atom is 0.203 e. The molecule has 0 aliphatic carbocycles. The number of ether oxygens (including phenoxy) is 2. The quantitative estimate of drug-likeness (QED) is 0.757. The summed E-state index contributed by atoms with van der Waals surface area (Å²) in [5, 5.41) is 0. The maximum absolute atomic E-state index is 14.0. The summed E-state index contributed by atoms with van der Waals surface area (Å²) in [6.07, 6.45) is 0.825. The van der Waals surface area contributed by atoms with Gasteiger partial charge in [-0.1, -0.05) is 25.1 Å². The highest BCUT2D eigenvalue weighted by Crippen LogP contribution is 2.28. The van der Waals surface area contributed by atoms with E-state index in [1.165, 1.54) is 19.2 Å². The first-order valence-electron chi connectivity index (χ1n) is 6.78. The molecule has 0 aromatic heterocycles. The Hall–Kier alpha value is -2.36. The summed E-state index contributed by atoms with van der Waals surface area (Å²) in [4.78, 5) is 12.6. The summed E-state index contributed by atoms with van der Waals surface area (Å²) in [6, 6.07) is 11.1. The van der Waals surface area contributed by atoms with Crippen molar-refractivity contribution >= 4 is 5.78 Å². The van der Waals surface area contributed by atoms with Crippen LogP contribution in [0.1, 0.15) is 29.3 Å². The van der Waals surface area contributed by atoms with Gasteiger partial charge in [0.1, 0.15) is 22.9 Å². The molecule has 0 bridgehead atoms. The highest BCUT2D eigenvalue weighted by Gasteiger charge is 2.22. The zero-order chi connectivity index (χ0) is 15.2. The second-order valence-electron chi connectivity index (χ2n) is 4.49. The Kier molecular flexibility index (Phi) is 4.93. The van der Waals surface area contributed by atoms with E-state index < -0.39 is 11.6 Å². The van der Waals surface area contributed by atoms with E-state index in [0.29, 0.717) is 17.9 Å². The van der Waals surface area contributed by atoms with E-state index in [4.69, 9.17) is 9.47 Å². The second-order valence-corrected chi connectivity index (χ2v) is 4.49. The number of benzene rings is 2. The normalized spacial score (nSPS) is 10.2. The van der Waals surface area contributed by atoms with E-state index in [0.717, 1.165) is 6.42 Å². The van der Waals surface area contributed by atoms with Gasteiger partial charge in [-0.25, -0.2) is 4.39 Å². The van der Waals surface area contributed by atoms with Crippen LogP contribution in [0.5, 0.6) is 11.5 Å². The number of rotatable bonds is 6. The molecule has 0 saturated carbocycles. The van der Waals surface area contributed by atoms with Crippen LogP contribution in [-0.4, -0.2) is 19.5 Å². The number of methoxy groups -OCH3 is 1. The van der Waals surface area contributed by atoms with E-state index in [1.54, 1.807) is 30.3 Å². The minimum Gasteiger partial charge on any atom is -0.496 e. The average molecular weight is 288 g/mol.